The second-order valence-electron chi connectivity index (χ2n) is 5.20. The number of benzene rings is 2. The van der Waals surface area contributed by atoms with Crippen LogP contribution in [0.25, 0.3) is 0 Å². The first kappa shape index (κ1) is 9.89. The van der Waals surface area contributed by atoms with Crippen molar-refractivity contribution >= 4 is 11.6 Å². The van der Waals surface area contributed by atoms with Gasteiger partial charge in [-0.05, 0) is 35.6 Å². The van der Waals surface area contributed by atoms with Crippen LogP contribution in [0.5, 0.6) is 0 Å². The molecule has 0 fully saturated rings. The molecule has 2 heteroatoms. The molecule has 0 bridgehead atoms. The van der Waals surface area contributed by atoms with Crippen LogP contribution in [0, 0.1) is 0 Å². The van der Waals surface area contributed by atoms with Gasteiger partial charge in [0, 0.05) is 5.69 Å². The number of amides is 1. The van der Waals surface area contributed by atoms with Crippen LogP contribution >= 0.6 is 0 Å². The molecule has 88 valence electrons. The monoisotopic (exact) mass is 235 g/mol. The Kier molecular flexibility index (Phi) is 1.77. The van der Waals surface area contributed by atoms with E-state index in [0.29, 0.717) is 0 Å². The van der Waals surface area contributed by atoms with E-state index in [1.165, 1.54) is 11.1 Å². The van der Waals surface area contributed by atoms with Crippen molar-refractivity contribution in [3.8, 4) is 0 Å². The molecule has 0 atom stereocenters. The van der Waals surface area contributed by atoms with Gasteiger partial charge in [-0.2, -0.15) is 0 Å². The SMILES string of the molecule is O=C1Nc2ccccc2C12Cc1ccccc1C2. The van der Waals surface area contributed by atoms with Gasteiger partial charge in [-0.15, -0.1) is 0 Å². The van der Waals surface area contributed by atoms with Crippen LogP contribution in [0.4, 0.5) is 5.69 Å². The van der Waals surface area contributed by atoms with E-state index in [4.69, 9.17) is 0 Å². The van der Waals surface area contributed by atoms with E-state index in [0.717, 1.165) is 24.1 Å². The van der Waals surface area contributed by atoms with Crippen LogP contribution in [0.2, 0.25) is 0 Å². The highest BCUT2D eigenvalue weighted by Gasteiger charge is 2.50. The van der Waals surface area contributed by atoms with Crippen LogP contribution in [0.15, 0.2) is 48.5 Å². The molecular weight excluding hydrogens is 222 g/mol. The van der Waals surface area contributed by atoms with Crippen LogP contribution in [-0.2, 0) is 23.1 Å². The van der Waals surface area contributed by atoms with Gasteiger partial charge in [-0.3, -0.25) is 4.79 Å². The summed E-state index contributed by atoms with van der Waals surface area (Å²) in [7, 11) is 0. The zero-order valence-corrected chi connectivity index (χ0v) is 9.94. The maximum Gasteiger partial charge on any atom is 0.235 e. The van der Waals surface area contributed by atoms with E-state index >= 15 is 0 Å². The van der Waals surface area contributed by atoms with Crippen molar-refractivity contribution in [2.75, 3.05) is 5.32 Å². The number of rotatable bonds is 0. The molecule has 2 aliphatic rings. The van der Waals surface area contributed by atoms with Gasteiger partial charge in [-0.25, -0.2) is 0 Å². The fraction of sp³-hybridized carbons (Fsp3) is 0.188. The number of carbonyl (C=O) groups is 1. The summed E-state index contributed by atoms with van der Waals surface area (Å²) in [5, 5.41) is 3.03. The lowest BCUT2D eigenvalue weighted by Crippen LogP contribution is -2.35. The minimum absolute atomic E-state index is 0.153. The number of anilines is 1. The van der Waals surface area contributed by atoms with Gasteiger partial charge in [-0.1, -0.05) is 42.5 Å². The highest BCUT2D eigenvalue weighted by atomic mass is 16.2. The Morgan fingerprint density at radius 3 is 2.22 bits per heavy atom. The molecule has 0 aromatic heterocycles. The summed E-state index contributed by atoms with van der Waals surface area (Å²) in [6.07, 6.45) is 1.65. The van der Waals surface area contributed by atoms with Gasteiger partial charge in [0.2, 0.25) is 5.91 Å². The smallest absolute Gasteiger partial charge is 0.235 e. The minimum Gasteiger partial charge on any atom is -0.325 e. The van der Waals surface area contributed by atoms with E-state index in [-0.39, 0.29) is 11.3 Å². The molecule has 1 aliphatic carbocycles. The van der Waals surface area contributed by atoms with Gasteiger partial charge < -0.3 is 5.32 Å². The highest BCUT2D eigenvalue weighted by Crippen LogP contribution is 2.46. The second-order valence-corrected chi connectivity index (χ2v) is 5.20. The predicted molar refractivity (Wildman–Crippen MR) is 70.6 cm³/mol. The third kappa shape index (κ3) is 1.10. The molecule has 0 saturated carbocycles. The van der Waals surface area contributed by atoms with E-state index in [2.05, 4.69) is 35.6 Å². The summed E-state index contributed by atoms with van der Waals surface area (Å²) in [5.74, 6) is 0.153. The molecule has 18 heavy (non-hydrogen) atoms. The molecule has 0 unspecified atom stereocenters. The Morgan fingerprint density at radius 2 is 1.50 bits per heavy atom. The summed E-state index contributed by atoms with van der Waals surface area (Å²) in [6.45, 7) is 0. The first-order valence-corrected chi connectivity index (χ1v) is 6.27. The number of carbonyl (C=O) groups excluding carboxylic acids is 1. The average Bonchev–Trinajstić information content (AvgIpc) is 2.90. The quantitative estimate of drug-likeness (QED) is 0.747. The van der Waals surface area contributed by atoms with E-state index in [1.54, 1.807) is 0 Å². The lowest BCUT2D eigenvalue weighted by atomic mass is 9.79. The first-order chi connectivity index (χ1) is 8.79. The van der Waals surface area contributed by atoms with Crippen molar-refractivity contribution in [1.82, 2.24) is 0 Å². The van der Waals surface area contributed by atoms with Crippen molar-refractivity contribution in [2.45, 2.75) is 18.3 Å². The standard InChI is InChI=1S/C16H13NO/c18-15-16(13-7-3-4-8-14(13)17-15)9-11-5-1-2-6-12(11)10-16/h1-8H,9-10H2,(H,17,18). The van der Waals surface area contributed by atoms with Gasteiger partial charge in [0.1, 0.15) is 0 Å². The molecule has 1 heterocycles. The van der Waals surface area contributed by atoms with E-state index < -0.39 is 0 Å². The summed E-state index contributed by atoms with van der Waals surface area (Å²) >= 11 is 0. The van der Waals surface area contributed by atoms with Crippen LogP contribution < -0.4 is 5.32 Å². The fourth-order valence-corrected chi connectivity index (χ4v) is 3.34. The number of para-hydroxylation sites is 1. The Balaban J connectivity index is 1.90. The van der Waals surface area contributed by atoms with Crippen LogP contribution in [0.1, 0.15) is 16.7 Å². The number of hydrogen-bond donors (Lipinski definition) is 1. The topological polar surface area (TPSA) is 29.1 Å². The van der Waals surface area contributed by atoms with Gasteiger partial charge >= 0.3 is 0 Å². The fourth-order valence-electron chi connectivity index (χ4n) is 3.34. The second kappa shape index (κ2) is 3.22. The summed E-state index contributed by atoms with van der Waals surface area (Å²) in [6, 6.07) is 16.4. The Morgan fingerprint density at radius 1 is 0.889 bits per heavy atom. The molecule has 1 aliphatic heterocycles. The molecule has 1 N–H and O–H groups in total. The highest BCUT2D eigenvalue weighted by molar-refractivity contribution is 6.07. The molecule has 2 aromatic carbocycles. The molecule has 0 saturated heterocycles. The lowest BCUT2D eigenvalue weighted by molar-refractivity contribution is -0.120. The van der Waals surface area contributed by atoms with Crippen molar-refractivity contribution in [2.24, 2.45) is 0 Å². The summed E-state index contributed by atoms with van der Waals surface area (Å²) in [5.41, 5.74) is 4.40. The number of fused-ring (bicyclic) bond motifs is 3. The molecule has 1 amide bonds. The van der Waals surface area contributed by atoms with Gasteiger partial charge in [0.25, 0.3) is 0 Å². The Bertz CT molecular complexity index is 635. The molecular formula is C16H13NO. The normalized spacial score (nSPS) is 18.6. The molecule has 4 rings (SSSR count). The van der Waals surface area contributed by atoms with Crippen LogP contribution in [0.3, 0.4) is 0 Å². The molecule has 2 aromatic rings. The lowest BCUT2D eigenvalue weighted by Gasteiger charge is -2.20. The third-order valence-electron chi connectivity index (χ3n) is 4.23. The molecule has 2 nitrogen and oxygen atoms in total. The van der Waals surface area contributed by atoms with Crippen LogP contribution in [-0.4, -0.2) is 5.91 Å². The summed E-state index contributed by atoms with van der Waals surface area (Å²) < 4.78 is 0. The molecule has 0 radical (unpaired) electrons. The van der Waals surface area contributed by atoms with E-state index in [9.17, 15) is 4.79 Å². The van der Waals surface area contributed by atoms with E-state index in [1.807, 2.05) is 18.2 Å². The summed E-state index contributed by atoms with van der Waals surface area (Å²) in [4.78, 5) is 12.4. The zero-order chi connectivity index (χ0) is 12.2. The minimum atomic E-state index is -0.361. The number of hydrogen-bond acceptors (Lipinski definition) is 1. The van der Waals surface area contributed by atoms with Crippen molar-refractivity contribution in [3.63, 3.8) is 0 Å². The predicted octanol–water partition coefficient (Wildman–Crippen LogP) is 2.68. The number of nitrogens with one attached hydrogen (secondary N) is 1. The zero-order valence-electron chi connectivity index (χ0n) is 9.94. The van der Waals surface area contributed by atoms with Crippen molar-refractivity contribution in [3.05, 3.63) is 65.2 Å². The first-order valence-electron chi connectivity index (χ1n) is 6.27. The third-order valence-corrected chi connectivity index (χ3v) is 4.23. The Hall–Kier alpha value is -2.09. The largest absolute Gasteiger partial charge is 0.325 e. The van der Waals surface area contributed by atoms with Gasteiger partial charge in [0.05, 0.1) is 5.41 Å². The van der Waals surface area contributed by atoms with Crippen molar-refractivity contribution in [1.29, 1.82) is 0 Å². The van der Waals surface area contributed by atoms with Gasteiger partial charge in [0.15, 0.2) is 0 Å². The maximum absolute atomic E-state index is 12.4. The molecule has 1 spiro atoms. The Labute approximate surface area is 106 Å². The maximum atomic E-state index is 12.4. The van der Waals surface area contributed by atoms with Crippen molar-refractivity contribution < 1.29 is 4.79 Å². The average molecular weight is 235 g/mol.